The molecule has 7 nitrogen and oxygen atoms in total. The van der Waals surface area contributed by atoms with E-state index in [0.29, 0.717) is 17.5 Å². The van der Waals surface area contributed by atoms with Crippen molar-refractivity contribution in [1.29, 1.82) is 0 Å². The molecule has 18 heavy (non-hydrogen) atoms. The van der Waals surface area contributed by atoms with Gasteiger partial charge in [0.25, 0.3) is 5.95 Å². The SMILES string of the molecule is Nc1cnn(-c2ncnn2-c2ccccc2)c1N. The Labute approximate surface area is 103 Å². The minimum atomic E-state index is 0.347. The van der Waals surface area contributed by atoms with Gasteiger partial charge in [-0.15, -0.1) is 0 Å². The number of nitrogens with two attached hydrogens (primary N) is 2. The van der Waals surface area contributed by atoms with Crippen LogP contribution in [-0.4, -0.2) is 24.5 Å². The lowest BCUT2D eigenvalue weighted by Crippen LogP contribution is -2.10. The molecule has 0 aliphatic rings. The Hall–Kier alpha value is -2.83. The summed E-state index contributed by atoms with van der Waals surface area (Å²) in [7, 11) is 0. The minimum Gasteiger partial charge on any atom is -0.394 e. The van der Waals surface area contributed by atoms with Crippen molar-refractivity contribution in [2.24, 2.45) is 0 Å². The second-order valence-corrected chi connectivity index (χ2v) is 3.70. The zero-order valence-corrected chi connectivity index (χ0v) is 9.43. The van der Waals surface area contributed by atoms with E-state index in [4.69, 9.17) is 11.5 Å². The Kier molecular flexibility index (Phi) is 2.23. The topological polar surface area (TPSA) is 101 Å². The average Bonchev–Trinajstić information content (AvgIpc) is 2.99. The van der Waals surface area contributed by atoms with Gasteiger partial charge in [-0.05, 0) is 12.1 Å². The standard InChI is InChI=1S/C11H11N7/c12-9-6-15-18(10(9)13)11-14-7-16-17(11)8-4-2-1-3-5-8/h1-7H,12-13H2. The van der Waals surface area contributed by atoms with Crippen LogP contribution in [0.2, 0.25) is 0 Å². The fraction of sp³-hybridized carbons (Fsp3) is 0. The van der Waals surface area contributed by atoms with E-state index in [0.717, 1.165) is 5.69 Å². The highest BCUT2D eigenvalue weighted by atomic mass is 15.5. The molecule has 0 radical (unpaired) electrons. The van der Waals surface area contributed by atoms with Crippen LogP contribution >= 0.6 is 0 Å². The first kappa shape index (κ1) is 10.3. The van der Waals surface area contributed by atoms with E-state index in [9.17, 15) is 0 Å². The van der Waals surface area contributed by atoms with Crippen molar-refractivity contribution >= 4 is 11.5 Å². The van der Waals surface area contributed by atoms with Gasteiger partial charge in [-0.1, -0.05) is 18.2 Å². The number of hydrogen-bond acceptors (Lipinski definition) is 5. The number of hydrogen-bond donors (Lipinski definition) is 2. The van der Waals surface area contributed by atoms with E-state index in [1.165, 1.54) is 17.2 Å². The van der Waals surface area contributed by atoms with Gasteiger partial charge in [0, 0.05) is 0 Å². The molecule has 4 N–H and O–H groups in total. The fourth-order valence-corrected chi connectivity index (χ4v) is 1.66. The van der Waals surface area contributed by atoms with E-state index in [1.54, 1.807) is 4.68 Å². The number of rotatable bonds is 2. The molecule has 0 unspecified atom stereocenters. The van der Waals surface area contributed by atoms with Crippen LogP contribution < -0.4 is 11.5 Å². The van der Waals surface area contributed by atoms with Gasteiger partial charge in [-0.25, -0.2) is 0 Å². The predicted octanol–water partition coefficient (Wildman–Crippen LogP) is 0.617. The Bertz CT molecular complexity index is 668. The summed E-state index contributed by atoms with van der Waals surface area (Å²) >= 11 is 0. The zero-order chi connectivity index (χ0) is 12.5. The quantitative estimate of drug-likeness (QED) is 0.684. The van der Waals surface area contributed by atoms with Crippen molar-refractivity contribution in [3.8, 4) is 11.6 Å². The van der Waals surface area contributed by atoms with E-state index in [-0.39, 0.29) is 0 Å². The molecule has 7 heteroatoms. The van der Waals surface area contributed by atoms with Crippen molar-refractivity contribution in [1.82, 2.24) is 24.5 Å². The fourth-order valence-electron chi connectivity index (χ4n) is 1.66. The summed E-state index contributed by atoms with van der Waals surface area (Å²) in [5.41, 5.74) is 12.8. The molecule has 0 atom stereocenters. The minimum absolute atomic E-state index is 0.347. The van der Waals surface area contributed by atoms with Crippen LogP contribution in [0, 0.1) is 0 Å². The summed E-state index contributed by atoms with van der Waals surface area (Å²) in [5.74, 6) is 0.843. The highest BCUT2D eigenvalue weighted by Gasteiger charge is 2.13. The monoisotopic (exact) mass is 241 g/mol. The van der Waals surface area contributed by atoms with Gasteiger partial charge >= 0.3 is 0 Å². The van der Waals surface area contributed by atoms with Crippen molar-refractivity contribution in [2.45, 2.75) is 0 Å². The summed E-state index contributed by atoms with van der Waals surface area (Å²) in [6.45, 7) is 0. The summed E-state index contributed by atoms with van der Waals surface area (Å²) < 4.78 is 3.10. The highest BCUT2D eigenvalue weighted by Crippen LogP contribution is 2.18. The second-order valence-electron chi connectivity index (χ2n) is 3.70. The molecular formula is C11H11N7. The first-order valence-corrected chi connectivity index (χ1v) is 5.32. The number of nitrogens with zero attached hydrogens (tertiary/aromatic N) is 5. The lowest BCUT2D eigenvalue weighted by atomic mass is 10.3. The smallest absolute Gasteiger partial charge is 0.255 e. The summed E-state index contributed by atoms with van der Waals surface area (Å²) in [4.78, 5) is 4.15. The Morgan fingerprint density at radius 1 is 0.944 bits per heavy atom. The molecule has 0 fully saturated rings. The van der Waals surface area contributed by atoms with Crippen LogP contribution in [0.25, 0.3) is 11.6 Å². The van der Waals surface area contributed by atoms with E-state index >= 15 is 0 Å². The molecule has 1 aromatic carbocycles. The number of nitrogen functional groups attached to an aromatic ring is 2. The molecular weight excluding hydrogens is 230 g/mol. The van der Waals surface area contributed by atoms with Crippen LogP contribution in [0.5, 0.6) is 0 Å². The maximum atomic E-state index is 5.84. The Balaban J connectivity index is 2.16. The molecule has 0 saturated carbocycles. The molecule has 0 bridgehead atoms. The van der Waals surface area contributed by atoms with E-state index in [2.05, 4.69) is 15.2 Å². The van der Waals surface area contributed by atoms with Crippen LogP contribution in [0.4, 0.5) is 11.5 Å². The molecule has 2 heterocycles. The molecule has 0 spiro atoms. The van der Waals surface area contributed by atoms with Gasteiger partial charge in [0.15, 0.2) is 5.82 Å². The number of anilines is 2. The molecule has 90 valence electrons. The van der Waals surface area contributed by atoms with Crippen LogP contribution in [-0.2, 0) is 0 Å². The van der Waals surface area contributed by atoms with E-state index < -0.39 is 0 Å². The molecule has 3 rings (SSSR count). The van der Waals surface area contributed by atoms with E-state index in [1.807, 2.05) is 30.3 Å². The van der Waals surface area contributed by atoms with Gasteiger partial charge in [0.1, 0.15) is 6.33 Å². The van der Waals surface area contributed by atoms with Gasteiger partial charge in [-0.2, -0.15) is 24.5 Å². The second kappa shape index (κ2) is 3.88. The highest BCUT2D eigenvalue weighted by molar-refractivity contribution is 5.59. The molecule has 3 aromatic rings. The van der Waals surface area contributed by atoms with Crippen LogP contribution in [0.1, 0.15) is 0 Å². The van der Waals surface area contributed by atoms with Crippen molar-refractivity contribution < 1.29 is 0 Å². The van der Waals surface area contributed by atoms with Gasteiger partial charge in [0.2, 0.25) is 0 Å². The molecule has 0 saturated heterocycles. The first-order valence-electron chi connectivity index (χ1n) is 5.32. The molecule has 0 aliphatic heterocycles. The normalized spacial score (nSPS) is 10.7. The first-order chi connectivity index (χ1) is 8.77. The third-order valence-electron chi connectivity index (χ3n) is 2.56. The third kappa shape index (κ3) is 1.49. The Morgan fingerprint density at radius 2 is 1.72 bits per heavy atom. The largest absolute Gasteiger partial charge is 0.394 e. The summed E-state index contributed by atoms with van der Waals surface area (Å²) in [5, 5.41) is 8.25. The maximum absolute atomic E-state index is 5.84. The predicted molar refractivity (Wildman–Crippen MR) is 67.3 cm³/mol. The van der Waals surface area contributed by atoms with Crippen molar-refractivity contribution in [2.75, 3.05) is 11.5 Å². The zero-order valence-electron chi connectivity index (χ0n) is 9.43. The maximum Gasteiger partial charge on any atom is 0.255 e. The lowest BCUT2D eigenvalue weighted by molar-refractivity contribution is 0.757. The average molecular weight is 241 g/mol. The lowest BCUT2D eigenvalue weighted by Gasteiger charge is -2.06. The van der Waals surface area contributed by atoms with Crippen LogP contribution in [0.3, 0.4) is 0 Å². The van der Waals surface area contributed by atoms with Gasteiger partial charge < -0.3 is 11.5 Å². The summed E-state index contributed by atoms with van der Waals surface area (Å²) in [6, 6.07) is 9.60. The third-order valence-corrected chi connectivity index (χ3v) is 2.56. The number of aromatic nitrogens is 5. The van der Waals surface area contributed by atoms with Crippen LogP contribution in [0.15, 0.2) is 42.9 Å². The molecule has 0 amide bonds. The van der Waals surface area contributed by atoms with Crippen molar-refractivity contribution in [3.05, 3.63) is 42.9 Å². The summed E-state index contributed by atoms with van der Waals surface area (Å²) in [6.07, 6.45) is 2.93. The van der Waals surface area contributed by atoms with Gasteiger partial charge in [-0.3, -0.25) is 0 Å². The molecule has 2 aromatic heterocycles. The van der Waals surface area contributed by atoms with Gasteiger partial charge in [0.05, 0.1) is 17.6 Å². The number of para-hydroxylation sites is 1. The Morgan fingerprint density at radius 3 is 2.39 bits per heavy atom. The molecule has 0 aliphatic carbocycles. The van der Waals surface area contributed by atoms with Crippen molar-refractivity contribution in [3.63, 3.8) is 0 Å². The number of benzene rings is 1.